The van der Waals surface area contributed by atoms with Crippen LogP contribution in [-0.2, 0) is 0 Å². The zero-order valence-electron chi connectivity index (χ0n) is 6.22. The molecule has 0 aliphatic carbocycles. The van der Waals surface area contributed by atoms with Gasteiger partial charge in [0, 0.05) is 0 Å². The first-order valence-electron chi connectivity index (χ1n) is 2.06. The average Bonchev–Trinajstić information content (AvgIpc) is 1.72. The van der Waals surface area contributed by atoms with Gasteiger partial charge in [-0.1, -0.05) is 12.2 Å². The Morgan fingerprint density at radius 3 is 2.00 bits per heavy atom. The molecule has 0 unspecified atom stereocenters. The SMILES string of the molecule is C1=CNC=CC1.[Ca+2].[H-].[H-]. The summed E-state index contributed by atoms with van der Waals surface area (Å²) in [7, 11) is 0. The molecule has 2 heteroatoms. The van der Waals surface area contributed by atoms with Gasteiger partial charge in [0.15, 0.2) is 0 Å². The third-order valence-corrected chi connectivity index (χ3v) is 0.700. The number of hydrogen-bond acceptors (Lipinski definition) is 1. The molecule has 0 bridgehead atoms. The quantitative estimate of drug-likeness (QED) is 0.471. The van der Waals surface area contributed by atoms with Crippen LogP contribution < -0.4 is 5.32 Å². The van der Waals surface area contributed by atoms with Crippen LogP contribution in [0.15, 0.2) is 24.6 Å². The Morgan fingerprint density at radius 1 is 1.29 bits per heavy atom. The largest absolute Gasteiger partial charge is 2.00 e. The summed E-state index contributed by atoms with van der Waals surface area (Å²) in [5.74, 6) is 0. The predicted octanol–water partition coefficient (Wildman–Crippen LogP) is 0.851. The topological polar surface area (TPSA) is 12.0 Å². The van der Waals surface area contributed by atoms with E-state index in [1.165, 1.54) is 0 Å². The summed E-state index contributed by atoms with van der Waals surface area (Å²) in [6, 6.07) is 0. The molecular weight excluding hydrogens is 114 g/mol. The monoisotopic (exact) mass is 123 g/mol. The minimum Gasteiger partial charge on any atom is -1.00 e. The third kappa shape index (κ3) is 3.15. The van der Waals surface area contributed by atoms with E-state index in [2.05, 4.69) is 17.5 Å². The van der Waals surface area contributed by atoms with Crippen LogP contribution in [-0.4, -0.2) is 37.7 Å². The van der Waals surface area contributed by atoms with Crippen molar-refractivity contribution in [2.45, 2.75) is 6.42 Å². The molecule has 1 N–H and O–H groups in total. The first-order valence-corrected chi connectivity index (χ1v) is 2.06. The number of rotatable bonds is 0. The number of allylic oxidation sites excluding steroid dienone is 2. The molecule has 0 fully saturated rings. The number of nitrogens with one attached hydrogen (secondary N) is 1. The van der Waals surface area contributed by atoms with Gasteiger partial charge in [0.05, 0.1) is 0 Å². The molecule has 1 nitrogen and oxygen atoms in total. The first kappa shape index (κ1) is 7.54. The fourth-order valence-corrected chi connectivity index (χ4v) is 0.406. The van der Waals surface area contributed by atoms with Crippen LogP contribution in [0.1, 0.15) is 9.27 Å². The molecule has 1 rings (SSSR count). The smallest absolute Gasteiger partial charge is 1.00 e. The second kappa shape index (κ2) is 4.69. The Balaban J connectivity index is -0.000000120. The molecular formula is C5H9CaN. The predicted molar refractivity (Wildman–Crippen MR) is 34.0 cm³/mol. The van der Waals surface area contributed by atoms with Gasteiger partial charge < -0.3 is 8.17 Å². The Labute approximate surface area is 76.4 Å². The van der Waals surface area contributed by atoms with Crippen molar-refractivity contribution < 1.29 is 2.85 Å². The third-order valence-electron chi connectivity index (χ3n) is 0.700. The van der Waals surface area contributed by atoms with Crippen LogP contribution in [0.4, 0.5) is 0 Å². The normalized spacial score (nSPS) is 14.9. The Hall–Kier alpha value is 0.540. The molecule has 0 aromatic rings. The Morgan fingerprint density at radius 2 is 1.86 bits per heavy atom. The molecule has 36 valence electrons. The van der Waals surface area contributed by atoms with Crippen LogP contribution in [0.5, 0.6) is 0 Å². The summed E-state index contributed by atoms with van der Waals surface area (Å²) in [5.41, 5.74) is 0. The van der Waals surface area contributed by atoms with Crippen molar-refractivity contribution in [3.05, 3.63) is 24.6 Å². The van der Waals surface area contributed by atoms with Crippen molar-refractivity contribution in [3.63, 3.8) is 0 Å². The fourth-order valence-electron chi connectivity index (χ4n) is 0.406. The van der Waals surface area contributed by atoms with E-state index in [-0.39, 0.29) is 40.6 Å². The maximum atomic E-state index is 2.92. The summed E-state index contributed by atoms with van der Waals surface area (Å²) in [6.45, 7) is 0. The van der Waals surface area contributed by atoms with E-state index in [1.807, 2.05) is 12.4 Å². The Kier molecular flexibility index (Phi) is 5.05. The van der Waals surface area contributed by atoms with Crippen LogP contribution in [0.2, 0.25) is 0 Å². The van der Waals surface area contributed by atoms with Gasteiger partial charge in [-0.15, -0.1) is 0 Å². The fraction of sp³-hybridized carbons (Fsp3) is 0.200. The van der Waals surface area contributed by atoms with Gasteiger partial charge >= 0.3 is 37.7 Å². The van der Waals surface area contributed by atoms with Crippen molar-refractivity contribution >= 4 is 37.7 Å². The maximum absolute atomic E-state index is 2.92. The van der Waals surface area contributed by atoms with Gasteiger partial charge in [-0.05, 0) is 18.8 Å². The number of hydrogen-bond donors (Lipinski definition) is 1. The molecule has 0 aromatic carbocycles. The molecule has 0 amide bonds. The average molecular weight is 123 g/mol. The van der Waals surface area contributed by atoms with Gasteiger partial charge in [0.2, 0.25) is 0 Å². The standard InChI is InChI=1S/C5H7N.Ca.2H/c1-2-4-6-5-3-1;;;/h2-6H,1H2;;;/q;+2;2*-1. The van der Waals surface area contributed by atoms with Gasteiger partial charge in [0.25, 0.3) is 0 Å². The zero-order chi connectivity index (χ0) is 4.24. The second-order valence-corrected chi connectivity index (χ2v) is 1.21. The van der Waals surface area contributed by atoms with Crippen molar-refractivity contribution in [2.24, 2.45) is 0 Å². The molecule has 0 spiro atoms. The van der Waals surface area contributed by atoms with Gasteiger partial charge in [-0.3, -0.25) is 0 Å². The molecule has 0 saturated carbocycles. The second-order valence-electron chi connectivity index (χ2n) is 1.21. The Bertz CT molecular complexity index is 73.0. The minimum absolute atomic E-state index is 0. The van der Waals surface area contributed by atoms with E-state index in [0.717, 1.165) is 6.42 Å². The maximum Gasteiger partial charge on any atom is 2.00 e. The first-order chi connectivity index (χ1) is 3.00. The molecule has 1 heterocycles. The van der Waals surface area contributed by atoms with Gasteiger partial charge in [-0.25, -0.2) is 0 Å². The van der Waals surface area contributed by atoms with Crippen molar-refractivity contribution in [1.82, 2.24) is 5.32 Å². The van der Waals surface area contributed by atoms with Crippen molar-refractivity contribution in [1.29, 1.82) is 0 Å². The number of dihydropyridines is 1. The molecule has 0 aromatic heterocycles. The van der Waals surface area contributed by atoms with E-state index in [4.69, 9.17) is 0 Å². The van der Waals surface area contributed by atoms with Crippen molar-refractivity contribution in [3.8, 4) is 0 Å². The van der Waals surface area contributed by atoms with Crippen LogP contribution in [0.25, 0.3) is 0 Å². The van der Waals surface area contributed by atoms with Crippen LogP contribution in [0, 0.1) is 0 Å². The van der Waals surface area contributed by atoms with Gasteiger partial charge in [-0.2, -0.15) is 0 Å². The summed E-state index contributed by atoms with van der Waals surface area (Å²) in [6.07, 6.45) is 9.08. The van der Waals surface area contributed by atoms with E-state index in [1.54, 1.807) is 0 Å². The zero-order valence-corrected chi connectivity index (χ0v) is 6.43. The molecule has 0 radical (unpaired) electrons. The van der Waals surface area contributed by atoms with E-state index in [9.17, 15) is 0 Å². The summed E-state index contributed by atoms with van der Waals surface area (Å²) in [4.78, 5) is 0. The molecule has 1 aliphatic rings. The summed E-state index contributed by atoms with van der Waals surface area (Å²) in [5, 5.41) is 2.92. The van der Waals surface area contributed by atoms with Gasteiger partial charge in [0.1, 0.15) is 0 Å². The minimum atomic E-state index is 0. The van der Waals surface area contributed by atoms with Crippen LogP contribution in [0.3, 0.4) is 0 Å². The van der Waals surface area contributed by atoms with E-state index < -0.39 is 0 Å². The molecule has 0 atom stereocenters. The van der Waals surface area contributed by atoms with E-state index >= 15 is 0 Å². The van der Waals surface area contributed by atoms with Crippen LogP contribution >= 0.6 is 0 Å². The van der Waals surface area contributed by atoms with E-state index in [0.29, 0.717) is 0 Å². The molecule has 1 aliphatic heterocycles. The molecule has 0 saturated heterocycles. The summed E-state index contributed by atoms with van der Waals surface area (Å²) < 4.78 is 0. The molecule has 7 heavy (non-hydrogen) atoms. The van der Waals surface area contributed by atoms with Crippen molar-refractivity contribution in [2.75, 3.05) is 0 Å². The summed E-state index contributed by atoms with van der Waals surface area (Å²) >= 11 is 0.